The molecule has 0 aliphatic rings. The standard InChI is InChI=1S/C27H19Cl2N5O3S/c1-38(37,32-16-30)24-5-3-2-4-21(24)17-6-8-18(9-7-17)26(35)33-23-12-10-19(28)14-22(23)27(36)34-25-13-11-20(29)15-31-25/h2-15H,1H2,(H,32,37)(H,33,35)(H,31,34,36). The van der Waals surface area contributed by atoms with Crippen molar-refractivity contribution in [3.8, 4) is 17.3 Å². The number of halogens is 2. The Balaban J connectivity index is 1.56. The Bertz CT molecular complexity index is 1670. The summed E-state index contributed by atoms with van der Waals surface area (Å²) in [4.78, 5) is 30.3. The van der Waals surface area contributed by atoms with Gasteiger partial charge in [-0.25, -0.2) is 13.9 Å². The van der Waals surface area contributed by atoms with Crippen LogP contribution in [0.15, 0.2) is 90.0 Å². The molecule has 0 saturated carbocycles. The Hall–Kier alpha value is -4.36. The summed E-state index contributed by atoms with van der Waals surface area (Å²) in [6, 6.07) is 21.1. The molecule has 0 aliphatic carbocycles. The molecule has 1 heterocycles. The molecule has 3 aromatic carbocycles. The fraction of sp³-hybridized carbons (Fsp3) is 0. The van der Waals surface area contributed by atoms with E-state index in [1.165, 1.54) is 18.3 Å². The molecule has 4 aromatic rings. The van der Waals surface area contributed by atoms with Crippen LogP contribution in [0.25, 0.3) is 11.1 Å². The van der Waals surface area contributed by atoms with Crippen molar-refractivity contribution >= 4 is 62.1 Å². The van der Waals surface area contributed by atoms with Crippen LogP contribution in [-0.2, 0) is 9.71 Å². The molecule has 0 fully saturated rings. The summed E-state index contributed by atoms with van der Waals surface area (Å²) in [6.07, 6.45) is 3.08. The van der Waals surface area contributed by atoms with Crippen molar-refractivity contribution in [2.75, 3.05) is 10.6 Å². The molecule has 8 nitrogen and oxygen atoms in total. The van der Waals surface area contributed by atoms with Gasteiger partial charge in [-0.3, -0.25) is 9.59 Å². The number of nitriles is 1. The number of aromatic nitrogens is 1. The number of rotatable bonds is 7. The highest BCUT2D eigenvalue weighted by molar-refractivity contribution is 7.98. The Morgan fingerprint density at radius 3 is 2.29 bits per heavy atom. The van der Waals surface area contributed by atoms with Crippen molar-refractivity contribution in [2.24, 2.45) is 0 Å². The summed E-state index contributed by atoms with van der Waals surface area (Å²) in [5.74, 6) is 2.95. The second kappa shape index (κ2) is 11.4. The van der Waals surface area contributed by atoms with Crippen molar-refractivity contribution in [1.29, 1.82) is 5.26 Å². The van der Waals surface area contributed by atoms with Crippen LogP contribution in [0.2, 0.25) is 10.0 Å². The Labute approximate surface area is 229 Å². The van der Waals surface area contributed by atoms with Gasteiger partial charge in [0.05, 0.1) is 30.9 Å². The predicted octanol–water partition coefficient (Wildman–Crippen LogP) is 5.62. The molecule has 0 bridgehead atoms. The number of carbonyl (C=O) groups excluding carboxylic acids is 2. The summed E-state index contributed by atoms with van der Waals surface area (Å²) in [5.41, 5.74) is 1.99. The SMILES string of the molecule is C=S(=O)(NC#N)c1ccccc1-c1ccc(C(=O)Nc2ccc(Cl)cc2C(=O)Nc2ccc(Cl)cn2)cc1. The number of pyridine rings is 1. The lowest BCUT2D eigenvalue weighted by molar-refractivity contribution is 0.102. The predicted molar refractivity (Wildman–Crippen MR) is 151 cm³/mol. The number of hydrogen-bond acceptors (Lipinski definition) is 5. The van der Waals surface area contributed by atoms with Gasteiger partial charge in [-0.2, -0.15) is 5.26 Å². The van der Waals surface area contributed by atoms with E-state index >= 15 is 0 Å². The average molecular weight is 564 g/mol. The smallest absolute Gasteiger partial charge is 0.258 e. The minimum absolute atomic E-state index is 0.142. The lowest BCUT2D eigenvalue weighted by Crippen LogP contribution is -2.19. The van der Waals surface area contributed by atoms with E-state index in [0.717, 1.165) is 0 Å². The van der Waals surface area contributed by atoms with Gasteiger partial charge in [0.25, 0.3) is 11.8 Å². The van der Waals surface area contributed by atoms with Gasteiger partial charge in [-0.15, -0.1) is 0 Å². The van der Waals surface area contributed by atoms with E-state index in [0.29, 0.717) is 31.6 Å². The zero-order valence-corrected chi connectivity index (χ0v) is 21.9. The van der Waals surface area contributed by atoms with E-state index in [1.807, 2.05) is 0 Å². The molecule has 38 heavy (non-hydrogen) atoms. The first-order valence-electron chi connectivity index (χ1n) is 10.9. The largest absolute Gasteiger partial charge is 0.321 e. The summed E-state index contributed by atoms with van der Waals surface area (Å²) >= 11 is 11.9. The van der Waals surface area contributed by atoms with Crippen LogP contribution in [0.1, 0.15) is 20.7 Å². The van der Waals surface area contributed by atoms with Crippen LogP contribution in [-0.4, -0.2) is 26.9 Å². The molecule has 0 aliphatic heterocycles. The molecule has 0 saturated heterocycles. The van der Waals surface area contributed by atoms with Crippen molar-refractivity contribution in [3.05, 3.63) is 106 Å². The third-order valence-corrected chi connectivity index (χ3v) is 7.30. The van der Waals surface area contributed by atoms with Crippen LogP contribution < -0.4 is 15.4 Å². The number of anilines is 2. The van der Waals surface area contributed by atoms with E-state index in [9.17, 15) is 13.8 Å². The fourth-order valence-electron chi connectivity index (χ4n) is 3.56. The van der Waals surface area contributed by atoms with E-state index in [2.05, 4.69) is 26.2 Å². The Kier molecular flexibility index (Phi) is 7.98. The van der Waals surface area contributed by atoms with Crippen molar-refractivity contribution in [1.82, 2.24) is 9.71 Å². The second-order valence-electron chi connectivity index (χ2n) is 7.92. The molecular formula is C27H19Cl2N5O3S. The maximum absolute atomic E-state index is 13.0. The van der Waals surface area contributed by atoms with Gasteiger partial charge < -0.3 is 10.6 Å². The monoisotopic (exact) mass is 563 g/mol. The number of carbonyl (C=O) groups is 2. The molecule has 4 rings (SSSR count). The average Bonchev–Trinajstić information content (AvgIpc) is 2.91. The van der Waals surface area contributed by atoms with Crippen molar-refractivity contribution in [3.63, 3.8) is 0 Å². The molecule has 3 N–H and O–H groups in total. The third-order valence-electron chi connectivity index (χ3n) is 5.35. The second-order valence-corrected chi connectivity index (χ2v) is 10.8. The number of nitrogens with zero attached hydrogens (tertiary/aromatic N) is 2. The number of amides is 2. The molecule has 0 radical (unpaired) electrons. The summed E-state index contributed by atoms with van der Waals surface area (Å²) in [5, 5.41) is 15.1. The highest BCUT2D eigenvalue weighted by Gasteiger charge is 2.17. The first kappa shape index (κ1) is 26.7. The number of nitrogens with one attached hydrogen (secondary N) is 3. The van der Waals surface area contributed by atoms with Gasteiger partial charge in [-0.05, 0) is 65.5 Å². The van der Waals surface area contributed by atoms with Crippen LogP contribution in [0.3, 0.4) is 0 Å². The van der Waals surface area contributed by atoms with Crippen LogP contribution in [0.4, 0.5) is 11.5 Å². The number of hydrogen-bond donors (Lipinski definition) is 3. The lowest BCUT2D eigenvalue weighted by atomic mass is 10.0. The molecule has 1 unspecified atom stereocenters. The first-order chi connectivity index (χ1) is 18.2. The molecule has 11 heteroatoms. The van der Waals surface area contributed by atoms with Crippen molar-refractivity contribution < 1.29 is 13.8 Å². The van der Waals surface area contributed by atoms with Gasteiger partial charge >= 0.3 is 0 Å². The maximum Gasteiger partial charge on any atom is 0.258 e. The van der Waals surface area contributed by atoms with Gasteiger partial charge in [0.1, 0.15) is 5.82 Å². The van der Waals surface area contributed by atoms with Crippen LogP contribution in [0, 0.1) is 11.5 Å². The van der Waals surface area contributed by atoms with Crippen molar-refractivity contribution in [2.45, 2.75) is 4.90 Å². The van der Waals surface area contributed by atoms with E-state index in [1.54, 1.807) is 72.9 Å². The molecular weight excluding hydrogens is 545 g/mol. The normalized spacial score (nSPS) is 12.0. The molecule has 2 amide bonds. The summed E-state index contributed by atoms with van der Waals surface area (Å²) < 4.78 is 15.1. The van der Waals surface area contributed by atoms with Crippen LogP contribution in [0.5, 0.6) is 0 Å². The van der Waals surface area contributed by atoms with Crippen LogP contribution >= 0.6 is 23.2 Å². The van der Waals surface area contributed by atoms with E-state index in [4.69, 9.17) is 28.5 Å². The summed E-state index contributed by atoms with van der Waals surface area (Å²) in [6.45, 7) is 0. The topological polar surface area (TPSA) is 124 Å². The van der Waals surface area contributed by atoms with Gasteiger partial charge in [0, 0.05) is 16.8 Å². The van der Waals surface area contributed by atoms with Gasteiger partial charge in [0.15, 0.2) is 6.19 Å². The summed E-state index contributed by atoms with van der Waals surface area (Å²) in [7, 11) is -3.05. The van der Waals surface area contributed by atoms with Gasteiger partial charge in [0.2, 0.25) is 0 Å². The zero-order chi connectivity index (χ0) is 27.3. The van der Waals surface area contributed by atoms with E-state index in [-0.39, 0.29) is 17.1 Å². The first-order valence-corrected chi connectivity index (χ1v) is 13.4. The van der Waals surface area contributed by atoms with Gasteiger partial charge in [-0.1, -0.05) is 53.5 Å². The quantitative estimate of drug-likeness (QED) is 0.153. The Morgan fingerprint density at radius 1 is 0.895 bits per heavy atom. The van der Waals surface area contributed by atoms with E-state index < -0.39 is 21.5 Å². The maximum atomic E-state index is 13.0. The molecule has 1 atom stereocenters. The number of benzene rings is 3. The molecule has 1 aromatic heterocycles. The fourth-order valence-corrected chi connectivity index (χ4v) is 4.94. The minimum atomic E-state index is -3.05. The third kappa shape index (κ3) is 6.12. The molecule has 0 spiro atoms. The zero-order valence-electron chi connectivity index (χ0n) is 19.6. The highest BCUT2D eigenvalue weighted by atomic mass is 35.5. The molecule has 190 valence electrons. The Morgan fingerprint density at radius 2 is 1.61 bits per heavy atom. The lowest BCUT2D eigenvalue weighted by Gasteiger charge is -2.14. The minimum Gasteiger partial charge on any atom is -0.321 e. The highest BCUT2D eigenvalue weighted by Crippen LogP contribution is 2.28.